The Morgan fingerprint density at radius 1 is 1.15 bits per heavy atom. The Bertz CT molecular complexity index is 731. The first kappa shape index (κ1) is 19.6. The van der Waals surface area contributed by atoms with Gasteiger partial charge in [-0.25, -0.2) is 0 Å². The van der Waals surface area contributed by atoms with Gasteiger partial charge >= 0.3 is 0 Å². The number of hydrogen-bond donors (Lipinski definition) is 2. The van der Waals surface area contributed by atoms with Gasteiger partial charge in [0.15, 0.2) is 0 Å². The fourth-order valence-electron chi connectivity index (χ4n) is 2.46. The first-order valence-corrected chi connectivity index (χ1v) is 8.74. The van der Waals surface area contributed by atoms with Crippen LogP contribution in [-0.2, 0) is 11.3 Å². The third kappa shape index (κ3) is 4.89. The van der Waals surface area contributed by atoms with Gasteiger partial charge in [0.1, 0.15) is 0 Å². The molecule has 2 unspecified atom stereocenters. The Balaban J connectivity index is 1.95. The van der Waals surface area contributed by atoms with Crippen LogP contribution in [0.25, 0.3) is 0 Å². The zero-order chi connectivity index (χ0) is 19.1. The summed E-state index contributed by atoms with van der Waals surface area (Å²) in [6, 6.07) is 10.4. The molecule has 6 nitrogen and oxygen atoms in total. The van der Waals surface area contributed by atoms with Gasteiger partial charge in [-0.15, -0.1) is 0 Å². The second-order valence-electron chi connectivity index (χ2n) is 6.40. The van der Waals surface area contributed by atoms with E-state index in [0.29, 0.717) is 12.1 Å². The van der Waals surface area contributed by atoms with E-state index >= 15 is 0 Å². The van der Waals surface area contributed by atoms with E-state index in [4.69, 9.17) is 5.73 Å². The Labute approximate surface area is 154 Å². The molecule has 0 aliphatic heterocycles. The summed E-state index contributed by atoms with van der Waals surface area (Å²) in [6.45, 7) is 4.39. The van der Waals surface area contributed by atoms with Crippen LogP contribution < -0.4 is 16.0 Å². The highest BCUT2D eigenvalue weighted by Crippen LogP contribution is 2.16. The Morgan fingerprint density at radius 3 is 2.35 bits per heavy atom. The summed E-state index contributed by atoms with van der Waals surface area (Å²) in [5, 5.41) is 2.86. The molecular weight excluding hydrogens is 328 g/mol. The number of nitrogens with one attached hydrogen (secondary N) is 1. The molecule has 1 heterocycles. The number of amides is 2. The van der Waals surface area contributed by atoms with Crippen molar-refractivity contribution in [3.8, 4) is 0 Å². The third-order valence-corrected chi connectivity index (χ3v) is 4.58. The first-order valence-electron chi connectivity index (χ1n) is 8.74. The van der Waals surface area contributed by atoms with Crippen LogP contribution in [-0.4, -0.2) is 29.9 Å². The predicted octanol–water partition coefficient (Wildman–Crippen LogP) is 2.35. The average molecular weight is 354 g/mol. The molecule has 2 amide bonds. The van der Waals surface area contributed by atoms with E-state index in [0.717, 1.165) is 17.7 Å². The number of pyridine rings is 1. The monoisotopic (exact) mass is 354 g/mol. The van der Waals surface area contributed by atoms with E-state index in [-0.39, 0.29) is 17.7 Å². The molecule has 0 aliphatic rings. The standard InChI is InChI=1S/C20H26N4O2/c1-4-14(2)18(21)19(25)23-13-15-5-7-17(8-6-15)24(3)20(26)16-9-11-22-12-10-16/h5-12,14,18H,4,13,21H2,1-3H3,(H,23,25). The number of aromatic nitrogens is 1. The smallest absolute Gasteiger partial charge is 0.258 e. The van der Waals surface area contributed by atoms with Crippen molar-refractivity contribution >= 4 is 17.5 Å². The lowest BCUT2D eigenvalue weighted by Gasteiger charge is -2.19. The minimum absolute atomic E-state index is 0.104. The maximum atomic E-state index is 12.4. The fourth-order valence-corrected chi connectivity index (χ4v) is 2.46. The maximum absolute atomic E-state index is 12.4. The SMILES string of the molecule is CCC(C)C(N)C(=O)NCc1ccc(N(C)C(=O)c2ccncc2)cc1. The van der Waals surface area contributed by atoms with Crippen LogP contribution in [0.4, 0.5) is 5.69 Å². The van der Waals surface area contributed by atoms with Crippen molar-refractivity contribution in [2.45, 2.75) is 32.9 Å². The molecule has 138 valence electrons. The van der Waals surface area contributed by atoms with E-state index in [9.17, 15) is 9.59 Å². The molecule has 3 N–H and O–H groups in total. The molecule has 0 saturated carbocycles. The number of nitrogens with zero attached hydrogens (tertiary/aromatic N) is 2. The normalized spacial score (nSPS) is 12.9. The lowest BCUT2D eigenvalue weighted by Crippen LogP contribution is -2.44. The number of nitrogens with two attached hydrogens (primary N) is 1. The molecule has 1 aromatic heterocycles. The topological polar surface area (TPSA) is 88.3 Å². The number of anilines is 1. The Hall–Kier alpha value is -2.73. The maximum Gasteiger partial charge on any atom is 0.258 e. The summed E-state index contributed by atoms with van der Waals surface area (Å²) >= 11 is 0. The molecule has 0 radical (unpaired) electrons. The molecule has 0 bridgehead atoms. The van der Waals surface area contributed by atoms with Gasteiger partial charge in [0.05, 0.1) is 6.04 Å². The average Bonchev–Trinajstić information content (AvgIpc) is 2.70. The summed E-state index contributed by atoms with van der Waals surface area (Å²) in [5.74, 6) is -0.105. The quantitative estimate of drug-likeness (QED) is 0.799. The van der Waals surface area contributed by atoms with E-state index in [1.807, 2.05) is 38.1 Å². The summed E-state index contributed by atoms with van der Waals surface area (Å²) < 4.78 is 0. The molecule has 2 rings (SSSR count). The number of carbonyl (C=O) groups is 2. The molecule has 0 saturated heterocycles. The van der Waals surface area contributed by atoms with Gasteiger partial charge in [0, 0.05) is 37.2 Å². The third-order valence-electron chi connectivity index (χ3n) is 4.58. The molecule has 6 heteroatoms. The van der Waals surface area contributed by atoms with Gasteiger partial charge in [-0.1, -0.05) is 32.4 Å². The summed E-state index contributed by atoms with van der Waals surface area (Å²) in [7, 11) is 1.73. The number of hydrogen-bond acceptors (Lipinski definition) is 4. The van der Waals surface area contributed by atoms with Gasteiger partial charge < -0.3 is 16.0 Å². The van der Waals surface area contributed by atoms with Crippen molar-refractivity contribution in [2.24, 2.45) is 11.7 Å². The van der Waals surface area contributed by atoms with E-state index in [1.165, 1.54) is 0 Å². The fraction of sp³-hybridized carbons (Fsp3) is 0.350. The Kier molecular flexibility index (Phi) is 6.86. The van der Waals surface area contributed by atoms with Gasteiger partial charge in [0.25, 0.3) is 5.91 Å². The largest absolute Gasteiger partial charge is 0.351 e. The van der Waals surface area contributed by atoms with Crippen LogP contribution in [0.5, 0.6) is 0 Å². The van der Waals surface area contributed by atoms with Gasteiger partial charge in [-0.2, -0.15) is 0 Å². The summed E-state index contributed by atoms with van der Waals surface area (Å²) in [5.41, 5.74) is 8.23. The molecule has 2 atom stereocenters. The van der Waals surface area contributed by atoms with Gasteiger partial charge in [0.2, 0.25) is 5.91 Å². The highest BCUT2D eigenvalue weighted by atomic mass is 16.2. The van der Waals surface area contributed by atoms with Crippen LogP contribution in [0, 0.1) is 5.92 Å². The van der Waals surface area contributed by atoms with Crippen LogP contribution in [0.3, 0.4) is 0 Å². The van der Waals surface area contributed by atoms with Crippen molar-refractivity contribution in [1.29, 1.82) is 0 Å². The van der Waals surface area contributed by atoms with Crippen LogP contribution in [0.2, 0.25) is 0 Å². The highest BCUT2D eigenvalue weighted by Gasteiger charge is 2.19. The van der Waals surface area contributed by atoms with Gasteiger partial charge in [-0.05, 0) is 35.7 Å². The first-order chi connectivity index (χ1) is 12.4. The van der Waals surface area contributed by atoms with Crippen LogP contribution >= 0.6 is 0 Å². The molecule has 2 aromatic rings. The Morgan fingerprint density at radius 2 is 1.77 bits per heavy atom. The van der Waals surface area contributed by atoms with E-state index < -0.39 is 6.04 Å². The summed E-state index contributed by atoms with van der Waals surface area (Å²) in [4.78, 5) is 30.0. The minimum Gasteiger partial charge on any atom is -0.351 e. The summed E-state index contributed by atoms with van der Waals surface area (Å²) in [6.07, 6.45) is 4.05. The van der Waals surface area contributed by atoms with Gasteiger partial charge in [-0.3, -0.25) is 14.6 Å². The number of carbonyl (C=O) groups excluding carboxylic acids is 2. The molecule has 1 aromatic carbocycles. The van der Waals surface area contributed by atoms with E-state index in [1.54, 1.807) is 36.5 Å². The van der Waals surface area contributed by atoms with Crippen molar-refractivity contribution in [2.75, 3.05) is 11.9 Å². The molecule has 0 spiro atoms. The number of rotatable bonds is 7. The molecular formula is C20H26N4O2. The van der Waals surface area contributed by atoms with E-state index in [2.05, 4.69) is 10.3 Å². The van der Waals surface area contributed by atoms with Crippen molar-refractivity contribution in [3.63, 3.8) is 0 Å². The zero-order valence-corrected chi connectivity index (χ0v) is 15.5. The number of benzene rings is 1. The lowest BCUT2D eigenvalue weighted by atomic mass is 9.99. The van der Waals surface area contributed by atoms with Crippen LogP contribution in [0.15, 0.2) is 48.8 Å². The zero-order valence-electron chi connectivity index (χ0n) is 15.5. The molecule has 0 fully saturated rings. The minimum atomic E-state index is -0.497. The second kappa shape index (κ2) is 9.10. The van der Waals surface area contributed by atoms with Crippen molar-refractivity contribution in [1.82, 2.24) is 10.3 Å². The lowest BCUT2D eigenvalue weighted by molar-refractivity contribution is -0.123. The molecule has 0 aliphatic carbocycles. The highest BCUT2D eigenvalue weighted by molar-refractivity contribution is 6.05. The van der Waals surface area contributed by atoms with Crippen molar-refractivity contribution in [3.05, 3.63) is 59.9 Å². The van der Waals surface area contributed by atoms with Crippen molar-refractivity contribution < 1.29 is 9.59 Å². The molecule has 26 heavy (non-hydrogen) atoms. The van der Waals surface area contributed by atoms with Crippen LogP contribution in [0.1, 0.15) is 36.2 Å². The predicted molar refractivity (Wildman–Crippen MR) is 103 cm³/mol. The second-order valence-corrected chi connectivity index (χ2v) is 6.40.